The Morgan fingerprint density at radius 1 is 1.42 bits per heavy atom. The first-order valence-corrected chi connectivity index (χ1v) is 7.25. The van der Waals surface area contributed by atoms with Gasteiger partial charge in [0.15, 0.2) is 10.9 Å². The van der Waals surface area contributed by atoms with Crippen LogP contribution in [0.25, 0.3) is 5.82 Å². The van der Waals surface area contributed by atoms with Crippen LogP contribution in [0.1, 0.15) is 18.3 Å². The third-order valence-electron chi connectivity index (χ3n) is 3.20. The van der Waals surface area contributed by atoms with Crippen LogP contribution in [0.2, 0.25) is 0 Å². The molecule has 0 N–H and O–H groups in total. The van der Waals surface area contributed by atoms with Gasteiger partial charge in [-0.2, -0.15) is 0 Å². The summed E-state index contributed by atoms with van der Waals surface area (Å²) in [4.78, 5) is 11.2. The van der Waals surface area contributed by atoms with Crippen LogP contribution in [0.4, 0.5) is 5.13 Å². The minimum absolute atomic E-state index is 0.714. The van der Waals surface area contributed by atoms with Gasteiger partial charge in [0.25, 0.3) is 0 Å². The van der Waals surface area contributed by atoms with Gasteiger partial charge in [0.2, 0.25) is 0 Å². The molecule has 5 nitrogen and oxygen atoms in total. The van der Waals surface area contributed by atoms with Gasteiger partial charge in [0.05, 0.1) is 12.3 Å². The van der Waals surface area contributed by atoms with E-state index < -0.39 is 0 Å². The van der Waals surface area contributed by atoms with Crippen LogP contribution in [0.3, 0.4) is 0 Å². The molecule has 0 amide bonds. The topological polar surface area (TPSA) is 43.2 Å². The quantitative estimate of drug-likeness (QED) is 0.815. The van der Waals surface area contributed by atoms with Crippen molar-refractivity contribution in [2.75, 3.05) is 31.7 Å². The first-order valence-electron chi connectivity index (χ1n) is 6.37. The first-order chi connectivity index (χ1) is 9.17. The normalized spacial score (nSPS) is 10.9. The molecule has 19 heavy (non-hydrogen) atoms. The van der Waals surface area contributed by atoms with Gasteiger partial charge in [0.1, 0.15) is 6.33 Å². The number of hydrogen-bond donors (Lipinski definition) is 0. The maximum Gasteiger partial charge on any atom is 0.187 e. The molecule has 0 unspecified atom stereocenters. The monoisotopic (exact) mass is 280 g/mol. The highest BCUT2D eigenvalue weighted by molar-refractivity contribution is 7.14. The highest BCUT2D eigenvalue weighted by Crippen LogP contribution is 2.23. The second-order valence-electron chi connectivity index (χ2n) is 4.35. The van der Waals surface area contributed by atoms with Crippen molar-refractivity contribution in [3.8, 4) is 5.82 Å². The van der Waals surface area contributed by atoms with E-state index in [1.54, 1.807) is 18.4 Å². The number of aromatic nitrogens is 3. The van der Waals surface area contributed by atoms with Crippen LogP contribution in [-0.4, -0.2) is 41.3 Å². The van der Waals surface area contributed by atoms with Gasteiger partial charge < -0.3 is 9.64 Å². The summed E-state index contributed by atoms with van der Waals surface area (Å²) in [6, 6.07) is 0. The number of hydrogen-bond acceptors (Lipinski definition) is 5. The molecule has 0 aliphatic carbocycles. The largest absolute Gasteiger partial charge is 0.383 e. The Bertz CT molecular complexity index is 534. The number of aryl methyl sites for hydroxylation is 1. The Labute approximate surface area is 117 Å². The molecule has 0 bridgehead atoms. The molecule has 2 aromatic heterocycles. The summed E-state index contributed by atoms with van der Waals surface area (Å²) in [6.07, 6.45) is 1.83. The zero-order valence-electron chi connectivity index (χ0n) is 11.9. The lowest BCUT2D eigenvalue weighted by Crippen LogP contribution is -2.26. The summed E-state index contributed by atoms with van der Waals surface area (Å²) in [6.45, 7) is 8.70. The lowest BCUT2D eigenvalue weighted by atomic mass is 10.4. The van der Waals surface area contributed by atoms with E-state index in [1.165, 1.54) is 0 Å². The first kappa shape index (κ1) is 14.0. The van der Waals surface area contributed by atoms with E-state index in [1.807, 2.05) is 17.8 Å². The fourth-order valence-electron chi connectivity index (χ4n) is 1.83. The molecular weight excluding hydrogens is 260 g/mol. The predicted molar refractivity (Wildman–Crippen MR) is 78.5 cm³/mol. The fraction of sp³-hybridized carbons (Fsp3) is 0.538. The van der Waals surface area contributed by atoms with Crippen molar-refractivity contribution >= 4 is 16.5 Å². The van der Waals surface area contributed by atoms with E-state index in [9.17, 15) is 0 Å². The molecule has 0 aliphatic rings. The SMILES string of the molecule is CCN(CCOC)c1nc(-n2cnc(C)c2C)cs1. The molecule has 2 rings (SSSR count). The molecule has 6 heteroatoms. The molecule has 2 aromatic rings. The molecule has 0 spiro atoms. The maximum absolute atomic E-state index is 5.13. The zero-order chi connectivity index (χ0) is 13.8. The molecule has 0 aromatic carbocycles. The number of nitrogens with zero attached hydrogens (tertiary/aromatic N) is 4. The highest BCUT2D eigenvalue weighted by atomic mass is 32.1. The number of imidazole rings is 1. The number of ether oxygens (including phenoxy) is 1. The fourth-order valence-corrected chi connectivity index (χ4v) is 2.72. The minimum atomic E-state index is 0.714. The number of likely N-dealkylation sites (N-methyl/N-ethyl adjacent to an activating group) is 1. The molecule has 0 saturated heterocycles. The van der Waals surface area contributed by atoms with E-state index in [-0.39, 0.29) is 0 Å². The maximum atomic E-state index is 5.13. The predicted octanol–water partition coefficient (Wildman–Crippen LogP) is 2.42. The summed E-state index contributed by atoms with van der Waals surface area (Å²) in [7, 11) is 1.72. The van der Waals surface area contributed by atoms with Gasteiger partial charge in [-0.15, -0.1) is 11.3 Å². The molecule has 0 fully saturated rings. The van der Waals surface area contributed by atoms with Crippen molar-refractivity contribution in [3.63, 3.8) is 0 Å². The number of rotatable bonds is 6. The van der Waals surface area contributed by atoms with Crippen LogP contribution in [0, 0.1) is 13.8 Å². The van der Waals surface area contributed by atoms with Crippen LogP contribution in [0.5, 0.6) is 0 Å². The zero-order valence-corrected chi connectivity index (χ0v) is 12.7. The van der Waals surface area contributed by atoms with Gasteiger partial charge in [0, 0.05) is 31.3 Å². The minimum Gasteiger partial charge on any atom is -0.383 e. The summed E-state index contributed by atoms with van der Waals surface area (Å²) in [5.74, 6) is 0.939. The van der Waals surface area contributed by atoms with Crippen molar-refractivity contribution < 1.29 is 4.74 Å². The van der Waals surface area contributed by atoms with E-state index in [0.29, 0.717) is 6.61 Å². The summed E-state index contributed by atoms with van der Waals surface area (Å²) < 4.78 is 7.16. The van der Waals surface area contributed by atoms with Crippen molar-refractivity contribution in [3.05, 3.63) is 23.1 Å². The smallest absolute Gasteiger partial charge is 0.187 e. The molecule has 0 aliphatic heterocycles. The number of anilines is 1. The Kier molecular flexibility index (Phi) is 4.55. The van der Waals surface area contributed by atoms with Gasteiger partial charge in [-0.05, 0) is 20.8 Å². The van der Waals surface area contributed by atoms with Crippen LogP contribution in [-0.2, 0) is 4.74 Å². The molecule has 104 valence electrons. The van der Waals surface area contributed by atoms with E-state index in [0.717, 1.165) is 35.4 Å². The molecular formula is C13H20N4OS. The molecule has 0 atom stereocenters. The molecule has 0 saturated carbocycles. The van der Waals surface area contributed by atoms with Gasteiger partial charge in [-0.1, -0.05) is 0 Å². The van der Waals surface area contributed by atoms with Gasteiger partial charge >= 0.3 is 0 Å². The van der Waals surface area contributed by atoms with Crippen LogP contribution >= 0.6 is 11.3 Å². The lowest BCUT2D eigenvalue weighted by Gasteiger charge is -2.18. The average Bonchev–Trinajstić information content (AvgIpc) is 3.00. The van der Waals surface area contributed by atoms with Crippen molar-refractivity contribution in [2.24, 2.45) is 0 Å². The van der Waals surface area contributed by atoms with Crippen molar-refractivity contribution in [2.45, 2.75) is 20.8 Å². The van der Waals surface area contributed by atoms with E-state index in [4.69, 9.17) is 9.72 Å². The third kappa shape index (κ3) is 2.96. The van der Waals surface area contributed by atoms with Crippen molar-refractivity contribution in [1.82, 2.24) is 14.5 Å². The average molecular weight is 280 g/mol. The number of methoxy groups -OCH3 is 1. The summed E-state index contributed by atoms with van der Waals surface area (Å²) in [5.41, 5.74) is 2.18. The van der Waals surface area contributed by atoms with Crippen LogP contribution in [0.15, 0.2) is 11.7 Å². The Hall–Kier alpha value is -1.40. The third-order valence-corrected chi connectivity index (χ3v) is 4.09. The summed E-state index contributed by atoms with van der Waals surface area (Å²) in [5, 5.41) is 3.10. The second-order valence-corrected chi connectivity index (χ2v) is 5.18. The Morgan fingerprint density at radius 2 is 2.21 bits per heavy atom. The molecule has 0 radical (unpaired) electrons. The Balaban J connectivity index is 2.20. The second kappa shape index (κ2) is 6.16. The Morgan fingerprint density at radius 3 is 2.79 bits per heavy atom. The van der Waals surface area contributed by atoms with Gasteiger partial charge in [-0.3, -0.25) is 4.57 Å². The van der Waals surface area contributed by atoms with Crippen molar-refractivity contribution in [1.29, 1.82) is 0 Å². The molecule has 2 heterocycles. The highest BCUT2D eigenvalue weighted by Gasteiger charge is 2.12. The van der Waals surface area contributed by atoms with E-state index in [2.05, 4.69) is 29.1 Å². The van der Waals surface area contributed by atoms with Crippen LogP contribution < -0.4 is 4.90 Å². The lowest BCUT2D eigenvalue weighted by molar-refractivity contribution is 0.205. The standard InChI is InChI=1S/C13H20N4OS/c1-5-16(6-7-18-4)13-15-12(8-19-13)17-9-14-10(2)11(17)3/h8-9H,5-7H2,1-4H3. The van der Waals surface area contributed by atoms with Gasteiger partial charge in [-0.25, -0.2) is 9.97 Å². The number of thiazole rings is 1. The van der Waals surface area contributed by atoms with E-state index >= 15 is 0 Å². The summed E-state index contributed by atoms with van der Waals surface area (Å²) >= 11 is 1.66.